The first-order valence-electron chi connectivity index (χ1n) is 15.2. The lowest BCUT2D eigenvalue weighted by Crippen LogP contribution is -2.62. The minimum absolute atomic E-state index is 0.446. The first-order valence-corrected chi connectivity index (χ1v) is 15.2. The highest BCUT2D eigenvalue weighted by atomic mass is 16.2. The van der Waals surface area contributed by atoms with Gasteiger partial charge in [0.25, 0.3) is 0 Å². The molecule has 10 unspecified atom stereocenters. The van der Waals surface area contributed by atoms with Gasteiger partial charge in [0.2, 0.25) is 0 Å². The van der Waals surface area contributed by atoms with Crippen LogP contribution in [0.2, 0.25) is 0 Å². The Kier molecular flexibility index (Phi) is 11.4. The topological polar surface area (TPSA) is 72.3 Å². The molecule has 10 atom stereocenters. The van der Waals surface area contributed by atoms with Crippen LogP contribution in [-0.2, 0) is 0 Å². The van der Waals surface area contributed by atoms with E-state index in [9.17, 15) is 0 Å². The highest BCUT2D eigenvalue weighted by Crippen LogP contribution is 2.71. The fraction of sp³-hybridized carbons (Fsp3) is 0.938. The third-order valence-corrected chi connectivity index (χ3v) is 11.8. The van der Waals surface area contributed by atoms with Crippen LogP contribution in [0.3, 0.4) is 0 Å². The molecule has 3 nitrogen and oxygen atoms in total. The molecule has 0 saturated heterocycles. The van der Waals surface area contributed by atoms with Gasteiger partial charge in [-0.05, 0) is 129 Å². The SMILES string of the molecule is C=CC.CC1C(N)CCC2(C)C1CCC1(C)C3CCC4(CN)CCCC4C3CCC21.CCC.CO. The van der Waals surface area contributed by atoms with Crippen LogP contribution in [0.5, 0.6) is 0 Å². The van der Waals surface area contributed by atoms with Crippen molar-refractivity contribution in [3.8, 4) is 0 Å². The van der Waals surface area contributed by atoms with Gasteiger partial charge in [0.1, 0.15) is 0 Å². The maximum atomic E-state index is 7.00. The van der Waals surface area contributed by atoms with E-state index in [-0.39, 0.29) is 0 Å². The van der Waals surface area contributed by atoms with E-state index in [2.05, 4.69) is 41.2 Å². The molecular weight excluding hydrogens is 428 g/mol. The van der Waals surface area contributed by atoms with E-state index in [1.807, 2.05) is 6.92 Å². The lowest BCUT2D eigenvalue weighted by atomic mass is 9.37. The third-order valence-electron chi connectivity index (χ3n) is 11.8. The molecule has 5 aliphatic rings. The minimum atomic E-state index is 0.446. The van der Waals surface area contributed by atoms with E-state index >= 15 is 0 Å². The van der Waals surface area contributed by atoms with Gasteiger partial charge in [-0.1, -0.05) is 53.5 Å². The number of nitrogens with two attached hydrogens (primary N) is 2. The summed E-state index contributed by atoms with van der Waals surface area (Å²) in [4.78, 5) is 0. The summed E-state index contributed by atoms with van der Waals surface area (Å²) in [6.45, 7) is 18.3. The fourth-order valence-electron chi connectivity index (χ4n) is 10.4. The van der Waals surface area contributed by atoms with Crippen molar-refractivity contribution in [2.24, 2.45) is 63.2 Å². The highest BCUT2D eigenvalue weighted by molar-refractivity contribution is 5.13. The quantitative estimate of drug-likeness (QED) is 0.332. The third kappa shape index (κ3) is 5.44. The monoisotopic (exact) mass is 490 g/mol. The number of aliphatic hydroxyl groups excluding tert-OH is 1. The summed E-state index contributed by atoms with van der Waals surface area (Å²) in [7, 11) is 1.00. The van der Waals surface area contributed by atoms with Crippen LogP contribution in [0.25, 0.3) is 0 Å². The number of hydrogen-bond acceptors (Lipinski definition) is 3. The van der Waals surface area contributed by atoms with E-state index in [0.717, 1.165) is 49.2 Å². The lowest BCUT2D eigenvalue weighted by Gasteiger charge is -2.68. The van der Waals surface area contributed by atoms with Crippen LogP contribution in [-0.4, -0.2) is 24.8 Å². The van der Waals surface area contributed by atoms with Crippen LogP contribution < -0.4 is 11.5 Å². The molecule has 0 heterocycles. The molecule has 0 aromatic rings. The van der Waals surface area contributed by atoms with Gasteiger partial charge >= 0.3 is 0 Å². The summed E-state index contributed by atoms with van der Waals surface area (Å²) in [5.74, 6) is 5.43. The maximum Gasteiger partial charge on any atom is 0.0319 e. The molecule has 5 N–H and O–H groups in total. The standard InChI is InChI=1S/C25H44N2.C3H8.C3H6.CH4O/c1-16-18-8-12-24(3)19-9-14-25(15-26)11-4-5-20(25)17(19)6-7-22(24)23(18,2)13-10-21(16)27;2*1-3-2;1-2/h16-22H,4-15,26-27H2,1-3H3;3H2,1-2H3;3H,1H2,2H3;2H,1H3. The van der Waals surface area contributed by atoms with Crippen molar-refractivity contribution in [2.45, 2.75) is 125 Å². The average molecular weight is 491 g/mol. The molecule has 0 amide bonds. The number of hydrogen-bond donors (Lipinski definition) is 3. The zero-order valence-corrected chi connectivity index (χ0v) is 24.6. The molecule has 0 spiro atoms. The largest absolute Gasteiger partial charge is 0.400 e. The summed E-state index contributed by atoms with van der Waals surface area (Å²) in [5.41, 5.74) is 14.6. The predicted octanol–water partition coefficient (Wildman–Crippen LogP) is 7.56. The molecule has 0 aliphatic heterocycles. The molecule has 5 aliphatic carbocycles. The molecule has 206 valence electrons. The van der Waals surface area contributed by atoms with E-state index < -0.39 is 0 Å². The Bertz CT molecular complexity index is 651. The van der Waals surface area contributed by atoms with Gasteiger partial charge in [-0.3, -0.25) is 0 Å². The van der Waals surface area contributed by atoms with Gasteiger partial charge in [-0.2, -0.15) is 0 Å². The van der Waals surface area contributed by atoms with Gasteiger partial charge in [0, 0.05) is 13.2 Å². The summed E-state index contributed by atoms with van der Waals surface area (Å²) < 4.78 is 0. The second kappa shape index (κ2) is 12.9. The Morgan fingerprint density at radius 3 is 2.00 bits per heavy atom. The molecular formula is C32H62N2O. The Balaban J connectivity index is 0.000000484. The van der Waals surface area contributed by atoms with Gasteiger partial charge < -0.3 is 16.6 Å². The number of allylic oxidation sites excluding steroid dienone is 1. The van der Waals surface area contributed by atoms with Crippen molar-refractivity contribution in [3.63, 3.8) is 0 Å². The van der Waals surface area contributed by atoms with Crippen molar-refractivity contribution in [3.05, 3.63) is 12.7 Å². The maximum absolute atomic E-state index is 7.00. The highest BCUT2D eigenvalue weighted by Gasteiger charge is 2.64. The van der Waals surface area contributed by atoms with Crippen LogP contribution >= 0.6 is 0 Å². The Labute approximate surface area is 219 Å². The Hall–Kier alpha value is -0.380. The summed E-state index contributed by atoms with van der Waals surface area (Å²) in [5, 5.41) is 7.00. The van der Waals surface area contributed by atoms with Crippen LogP contribution in [0, 0.1) is 51.8 Å². The molecule has 35 heavy (non-hydrogen) atoms. The average Bonchev–Trinajstić information content (AvgIpc) is 3.29. The van der Waals surface area contributed by atoms with Gasteiger partial charge in [-0.25, -0.2) is 0 Å². The van der Waals surface area contributed by atoms with Crippen LogP contribution in [0.1, 0.15) is 119 Å². The summed E-state index contributed by atoms with van der Waals surface area (Å²) in [6.07, 6.45) is 18.8. The molecule has 5 rings (SSSR count). The van der Waals surface area contributed by atoms with Crippen LogP contribution in [0.4, 0.5) is 0 Å². The molecule has 0 radical (unpaired) electrons. The normalized spacial score (nSPS) is 47.4. The van der Waals surface area contributed by atoms with E-state index in [0.29, 0.717) is 22.3 Å². The van der Waals surface area contributed by atoms with Crippen molar-refractivity contribution in [2.75, 3.05) is 13.7 Å². The van der Waals surface area contributed by atoms with Crippen molar-refractivity contribution in [1.82, 2.24) is 0 Å². The van der Waals surface area contributed by atoms with E-state index in [1.165, 1.54) is 77.0 Å². The first-order chi connectivity index (χ1) is 16.7. The number of fused-ring (bicyclic) bond motifs is 7. The van der Waals surface area contributed by atoms with Crippen molar-refractivity contribution < 1.29 is 5.11 Å². The molecule has 0 bridgehead atoms. The zero-order valence-electron chi connectivity index (χ0n) is 24.6. The molecule has 5 fully saturated rings. The smallest absolute Gasteiger partial charge is 0.0319 e. The van der Waals surface area contributed by atoms with E-state index in [4.69, 9.17) is 16.6 Å². The number of rotatable bonds is 1. The van der Waals surface area contributed by atoms with Gasteiger partial charge in [-0.15, -0.1) is 6.58 Å². The zero-order chi connectivity index (χ0) is 26.4. The second-order valence-electron chi connectivity index (χ2n) is 13.3. The van der Waals surface area contributed by atoms with Crippen molar-refractivity contribution in [1.29, 1.82) is 0 Å². The number of aliphatic hydroxyl groups is 1. The Morgan fingerprint density at radius 2 is 1.40 bits per heavy atom. The first kappa shape index (κ1) is 30.8. The second-order valence-corrected chi connectivity index (χ2v) is 13.3. The molecule has 0 aromatic carbocycles. The Morgan fingerprint density at radius 1 is 0.857 bits per heavy atom. The van der Waals surface area contributed by atoms with E-state index in [1.54, 1.807) is 6.08 Å². The fourth-order valence-corrected chi connectivity index (χ4v) is 10.4. The molecule has 0 aromatic heterocycles. The lowest BCUT2D eigenvalue weighted by molar-refractivity contribution is -0.183. The van der Waals surface area contributed by atoms with Gasteiger partial charge in [0.15, 0.2) is 0 Å². The molecule has 5 saturated carbocycles. The van der Waals surface area contributed by atoms with Crippen molar-refractivity contribution >= 4 is 0 Å². The summed E-state index contributed by atoms with van der Waals surface area (Å²) in [6, 6.07) is 0.446. The van der Waals surface area contributed by atoms with Gasteiger partial charge in [0.05, 0.1) is 0 Å². The van der Waals surface area contributed by atoms with Crippen LogP contribution in [0.15, 0.2) is 12.7 Å². The molecule has 3 heteroatoms. The minimum Gasteiger partial charge on any atom is -0.400 e. The predicted molar refractivity (Wildman–Crippen MR) is 153 cm³/mol. The summed E-state index contributed by atoms with van der Waals surface area (Å²) >= 11 is 0.